The number of hydrogen-bond acceptors (Lipinski definition) is 3. The van der Waals surface area contributed by atoms with E-state index in [1.54, 1.807) is 12.1 Å². The Labute approximate surface area is 111 Å². The van der Waals surface area contributed by atoms with Crippen molar-refractivity contribution in [3.05, 3.63) is 61.6 Å². The molecule has 0 saturated heterocycles. The average molecular weight is 280 g/mol. The average Bonchev–Trinajstić information content (AvgIpc) is 2.38. The quantitative estimate of drug-likeness (QED) is 0.844. The first-order valence-corrected chi connectivity index (χ1v) is 5.59. The summed E-state index contributed by atoms with van der Waals surface area (Å²) in [7, 11) is 0. The molecule has 0 spiro atoms. The molecule has 7 heteroatoms. The van der Waals surface area contributed by atoms with E-state index in [4.69, 9.17) is 16.9 Å². The van der Waals surface area contributed by atoms with Crippen molar-refractivity contribution in [3.8, 4) is 11.8 Å². The van der Waals surface area contributed by atoms with Gasteiger partial charge in [-0.15, -0.1) is 0 Å². The highest BCUT2D eigenvalue weighted by molar-refractivity contribution is 6.29. The van der Waals surface area contributed by atoms with Crippen molar-refractivity contribution in [2.45, 2.75) is 6.42 Å². The zero-order chi connectivity index (χ0) is 14.0. The molecular weight excluding hydrogens is 273 g/mol. The van der Waals surface area contributed by atoms with Gasteiger partial charge in [-0.2, -0.15) is 9.65 Å². The highest BCUT2D eigenvalue weighted by Crippen LogP contribution is 2.08. The second-order valence-corrected chi connectivity index (χ2v) is 4.08. The summed E-state index contributed by atoms with van der Waals surface area (Å²) < 4.78 is 14.0. The SMILES string of the molecule is N#CCc1ccc(-n2c(=O)[nH]c(Cl)c(F)c2=O)cc1. The van der Waals surface area contributed by atoms with Crippen LogP contribution in [0.4, 0.5) is 4.39 Å². The van der Waals surface area contributed by atoms with Crippen molar-refractivity contribution in [1.82, 2.24) is 9.55 Å². The van der Waals surface area contributed by atoms with Gasteiger partial charge in [0.15, 0.2) is 5.15 Å². The van der Waals surface area contributed by atoms with Gasteiger partial charge in [0.25, 0.3) is 5.56 Å². The van der Waals surface area contributed by atoms with Gasteiger partial charge in [-0.3, -0.25) is 9.78 Å². The van der Waals surface area contributed by atoms with Crippen LogP contribution in [0.15, 0.2) is 33.9 Å². The maximum absolute atomic E-state index is 13.4. The minimum atomic E-state index is -1.22. The Morgan fingerprint density at radius 1 is 1.32 bits per heavy atom. The number of halogens is 2. The smallest absolute Gasteiger partial charge is 0.295 e. The Balaban J connectivity index is 2.60. The number of hydrogen-bond donors (Lipinski definition) is 1. The fourth-order valence-corrected chi connectivity index (χ4v) is 1.74. The van der Waals surface area contributed by atoms with Crippen molar-refractivity contribution in [2.24, 2.45) is 0 Å². The fourth-order valence-electron chi connectivity index (χ4n) is 1.58. The lowest BCUT2D eigenvalue weighted by molar-refractivity contribution is 0.584. The molecule has 2 rings (SSSR count). The predicted octanol–water partition coefficient (Wildman–Crippen LogP) is 1.38. The Morgan fingerprint density at radius 3 is 2.53 bits per heavy atom. The molecular formula is C12H7ClFN3O2. The van der Waals surface area contributed by atoms with Gasteiger partial charge < -0.3 is 0 Å². The van der Waals surface area contributed by atoms with Gasteiger partial charge in [-0.1, -0.05) is 23.7 Å². The Kier molecular flexibility index (Phi) is 3.49. The summed E-state index contributed by atoms with van der Waals surface area (Å²) in [4.78, 5) is 25.3. The summed E-state index contributed by atoms with van der Waals surface area (Å²) in [5.41, 5.74) is -1.03. The number of aromatic amines is 1. The zero-order valence-corrected chi connectivity index (χ0v) is 10.2. The first kappa shape index (κ1) is 13.1. The van der Waals surface area contributed by atoms with Gasteiger partial charge >= 0.3 is 5.69 Å². The second kappa shape index (κ2) is 5.08. The third-order valence-corrected chi connectivity index (χ3v) is 2.74. The largest absolute Gasteiger partial charge is 0.334 e. The number of rotatable bonds is 2. The van der Waals surface area contributed by atoms with Crippen molar-refractivity contribution in [2.75, 3.05) is 0 Å². The normalized spacial score (nSPS) is 10.2. The molecule has 0 bridgehead atoms. The highest BCUT2D eigenvalue weighted by Gasteiger charge is 2.13. The van der Waals surface area contributed by atoms with Crippen molar-refractivity contribution in [3.63, 3.8) is 0 Å². The van der Waals surface area contributed by atoms with E-state index in [0.717, 1.165) is 5.56 Å². The van der Waals surface area contributed by atoms with Gasteiger partial charge in [0, 0.05) is 0 Å². The minimum absolute atomic E-state index is 0.198. The number of aromatic nitrogens is 2. The van der Waals surface area contributed by atoms with E-state index in [-0.39, 0.29) is 12.1 Å². The van der Waals surface area contributed by atoms with Crippen LogP contribution >= 0.6 is 11.6 Å². The first-order chi connectivity index (χ1) is 9.04. The van der Waals surface area contributed by atoms with E-state index in [1.807, 2.05) is 11.1 Å². The molecule has 1 aromatic carbocycles. The molecule has 0 aliphatic rings. The molecule has 5 nitrogen and oxygen atoms in total. The second-order valence-electron chi connectivity index (χ2n) is 3.70. The summed E-state index contributed by atoms with van der Waals surface area (Å²) in [6.07, 6.45) is 0.209. The van der Waals surface area contributed by atoms with Gasteiger partial charge in [0.1, 0.15) is 0 Å². The molecule has 1 N–H and O–H groups in total. The minimum Gasteiger partial charge on any atom is -0.295 e. The summed E-state index contributed by atoms with van der Waals surface area (Å²) in [5.74, 6) is -1.22. The standard InChI is InChI=1S/C12H7ClFN3O2/c13-10-9(14)11(18)17(12(19)16-10)8-3-1-7(2-4-8)5-6-15/h1-4H,5H2,(H,16,19). The highest BCUT2D eigenvalue weighted by atomic mass is 35.5. The Hall–Kier alpha value is -2.39. The van der Waals surface area contributed by atoms with Crippen LogP contribution in [0.5, 0.6) is 0 Å². The lowest BCUT2D eigenvalue weighted by Crippen LogP contribution is -2.35. The molecule has 19 heavy (non-hydrogen) atoms. The third-order valence-electron chi connectivity index (χ3n) is 2.48. The van der Waals surface area contributed by atoms with E-state index < -0.39 is 22.2 Å². The Bertz CT molecular complexity index is 772. The molecule has 96 valence electrons. The number of nitrogens with one attached hydrogen (secondary N) is 1. The topological polar surface area (TPSA) is 78.7 Å². The van der Waals surface area contributed by atoms with Crippen LogP contribution in [-0.2, 0) is 6.42 Å². The van der Waals surface area contributed by atoms with E-state index in [2.05, 4.69) is 0 Å². The van der Waals surface area contributed by atoms with Crippen LogP contribution < -0.4 is 11.2 Å². The first-order valence-electron chi connectivity index (χ1n) is 5.21. The monoisotopic (exact) mass is 279 g/mol. The van der Waals surface area contributed by atoms with E-state index >= 15 is 0 Å². The molecule has 0 radical (unpaired) electrons. The summed E-state index contributed by atoms with van der Waals surface area (Å²) in [6, 6.07) is 8.04. The molecule has 0 fully saturated rings. The molecule has 0 aliphatic carbocycles. The molecule has 0 saturated carbocycles. The Morgan fingerprint density at radius 2 is 1.95 bits per heavy atom. The molecule has 1 aromatic heterocycles. The van der Waals surface area contributed by atoms with Gasteiger partial charge in [0.05, 0.1) is 18.2 Å². The zero-order valence-electron chi connectivity index (χ0n) is 9.48. The van der Waals surface area contributed by atoms with Crippen LogP contribution in [0.3, 0.4) is 0 Å². The van der Waals surface area contributed by atoms with Crippen molar-refractivity contribution >= 4 is 11.6 Å². The molecule has 1 heterocycles. The van der Waals surface area contributed by atoms with Crippen LogP contribution in [0.1, 0.15) is 5.56 Å². The predicted molar refractivity (Wildman–Crippen MR) is 66.9 cm³/mol. The number of benzene rings is 1. The summed E-state index contributed by atoms with van der Waals surface area (Å²) in [6.45, 7) is 0. The fraction of sp³-hybridized carbons (Fsp3) is 0.0833. The molecule has 0 atom stereocenters. The van der Waals surface area contributed by atoms with Gasteiger partial charge in [0.2, 0.25) is 5.82 Å². The van der Waals surface area contributed by atoms with Crippen molar-refractivity contribution in [1.29, 1.82) is 5.26 Å². The molecule has 0 unspecified atom stereocenters. The van der Waals surface area contributed by atoms with Crippen LogP contribution in [0.25, 0.3) is 5.69 Å². The lowest BCUT2D eigenvalue weighted by atomic mass is 10.1. The van der Waals surface area contributed by atoms with Crippen molar-refractivity contribution < 1.29 is 4.39 Å². The summed E-state index contributed by atoms with van der Waals surface area (Å²) in [5, 5.41) is 7.92. The number of nitriles is 1. The summed E-state index contributed by atoms with van der Waals surface area (Å²) >= 11 is 5.37. The van der Waals surface area contributed by atoms with E-state index in [9.17, 15) is 14.0 Å². The lowest BCUT2D eigenvalue weighted by Gasteiger charge is -2.05. The van der Waals surface area contributed by atoms with E-state index in [1.165, 1.54) is 12.1 Å². The maximum Gasteiger partial charge on any atom is 0.334 e. The van der Waals surface area contributed by atoms with Gasteiger partial charge in [-0.05, 0) is 17.7 Å². The molecule has 2 aromatic rings. The number of nitrogens with zero attached hydrogens (tertiary/aromatic N) is 2. The van der Waals surface area contributed by atoms with Crippen LogP contribution in [0.2, 0.25) is 5.15 Å². The van der Waals surface area contributed by atoms with E-state index in [0.29, 0.717) is 4.57 Å². The molecule has 0 amide bonds. The van der Waals surface area contributed by atoms with Gasteiger partial charge in [-0.25, -0.2) is 9.36 Å². The number of H-pyrrole nitrogens is 1. The third kappa shape index (κ3) is 2.41. The van der Waals surface area contributed by atoms with Crippen LogP contribution in [0, 0.1) is 17.1 Å². The molecule has 0 aliphatic heterocycles. The maximum atomic E-state index is 13.4. The van der Waals surface area contributed by atoms with Crippen LogP contribution in [-0.4, -0.2) is 9.55 Å².